The molecule has 1 rings (SSSR count). The summed E-state index contributed by atoms with van der Waals surface area (Å²) >= 11 is 0. The van der Waals surface area contributed by atoms with E-state index in [0.29, 0.717) is 0 Å². The quantitative estimate of drug-likeness (QED) is 0.840. The monoisotopic (exact) mass is 276 g/mol. The fourth-order valence-corrected chi connectivity index (χ4v) is 1.45. The van der Waals surface area contributed by atoms with Crippen LogP contribution in [0.3, 0.4) is 0 Å². The van der Waals surface area contributed by atoms with Gasteiger partial charge in [-0.05, 0) is 0 Å². The van der Waals surface area contributed by atoms with E-state index < -0.39 is 47.4 Å². The summed E-state index contributed by atoms with van der Waals surface area (Å²) in [6.45, 7) is 1.12. The second-order valence-corrected chi connectivity index (χ2v) is 3.26. The first-order valence-corrected chi connectivity index (χ1v) is 4.53. The Morgan fingerprint density at radius 3 is 1.83 bits per heavy atom. The summed E-state index contributed by atoms with van der Waals surface area (Å²) in [5, 5.41) is 8.47. The molecule has 0 aliphatic rings. The second kappa shape index (κ2) is 4.21. The lowest BCUT2D eigenvalue weighted by atomic mass is 10.1. The van der Waals surface area contributed by atoms with Gasteiger partial charge in [-0.2, -0.15) is 26.3 Å². The van der Waals surface area contributed by atoms with Gasteiger partial charge in [0.2, 0.25) is 5.76 Å². The predicted molar refractivity (Wildman–Crippen MR) is 45.0 cm³/mol. The molecule has 9 heteroatoms. The average molecular weight is 276 g/mol. The summed E-state index contributed by atoms with van der Waals surface area (Å²) in [7, 11) is 0. The molecule has 1 aromatic rings. The van der Waals surface area contributed by atoms with Gasteiger partial charge in [0, 0.05) is 6.42 Å². The maximum Gasteiger partial charge on any atom is 0.420 e. The van der Waals surface area contributed by atoms with Crippen LogP contribution in [0.2, 0.25) is 0 Å². The number of carbonyl (C=O) groups is 1. The molecular formula is C9H6F6O3. The lowest BCUT2D eigenvalue weighted by molar-refractivity contribution is -0.162. The first-order valence-electron chi connectivity index (χ1n) is 4.53. The van der Waals surface area contributed by atoms with Crippen LogP contribution in [0, 0.1) is 0 Å². The topological polar surface area (TPSA) is 50.4 Å². The van der Waals surface area contributed by atoms with E-state index in [1.54, 1.807) is 0 Å². The summed E-state index contributed by atoms with van der Waals surface area (Å²) in [5.74, 6) is -4.99. The number of aryl methyl sites for hydroxylation is 1. The number of hydrogen-bond acceptors (Lipinski definition) is 2. The molecular weight excluding hydrogens is 270 g/mol. The molecule has 0 saturated carbocycles. The maximum absolute atomic E-state index is 12.6. The Labute approximate surface area is 96.0 Å². The second-order valence-electron chi connectivity index (χ2n) is 3.26. The van der Waals surface area contributed by atoms with Crippen molar-refractivity contribution in [3.05, 3.63) is 22.6 Å². The highest BCUT2D eigenvalue weighted by atomic mass is 19.4. The Bertz CT molecular complexity index is 468. The minimum absolute atomic E-state index is 0.509. The Morgan fingerprint density at radius 1 is 1.11 bits per heavy atom. The largest absolute Gasteiger partial charge is 0.475 e. The fraction of sp³-hybridized carbons (Fsp3) is 0.444. The molecule has 0 aromatic carbocycles. The first-order chi connectivity index (χ1) is 8.00. The third kappa shape index (κ3) is 2.44. The molecule has 1 heterocycles. The molecule has 0 bridgehead atoms. The molecule has 1 N–H and O–H groups in total. The van der Waals surface area contributed by atoms with E-state index in [1.807, 2.05) is 0 Å². The third-order valence-electron chi connectivity index (χ3n) is 2.06. The molecule has 0 atom stereocenters. The molecule has 0 aliphatic heterocycles. The number of carboxylic acid groups (broad SMARTS) is 1. The summed E-state index contributed by atoms with van der Waals surface area (Å²) < 4.78 is 79.4. The summed E-state index contributed by atoms with van der Waals surface area (Å²) in [4.78, 5) is 10.5. The zero-order valence-corrected chi connectivity index (χ0v) is 8.74. The molecule has 0 aliphatic carbocycles. The molecule has 0 unspecified atom stereocenters. The standard InChI is InChI=1S/C9H6F6O3/c1-2-3-4(8(10,11)12)5(9(13,14)15)6(18-3)7(16)17/h2H2,1H3,(H,16,17). The van der Waals surface area contributed by atoms with Crippen molar-refractivity contribution in [2.75, 3.05) is 0 Å². The predicted octanol–water partition coefficient (Wildman–Crippen LogP) is 3.58. The zero-order valence-electron chi connectivity index (χ0n) is 8.74. The van der Waals surface area contributed by atoms with E-state index >= 15 is 0 Å². The summed E-state index contributed by atoms with van der Waals surface area (Å²) in [6, 6.07) is 0. The van der Waals surface area contributed by atoms with Crippen LogP contribution < -0.4 is 0 Å². The number of hydrogen-bond donors (Lipinski definition) is 1. The zero-order chi connectivity index (χ0) is 14.3. The van der Waals surface area contributed by atoms with Crippen molar-refractivity contribution < 1.29 is 40.7 Å². The van der Waals surface area contributed by atoms with E-state index in [2.05, 4.69) is 4.42 Å². The van der Waals surface area contributed by atoms with Gasteiger partial charge in [-0.3, -0.25) is 0 Å². The lowest BCUT2D eigenvalue weighted by Gasteiger charge is -2.11. The van der Waals surface area contributed by atoms with Crippen molar-refractivity contribution in [2.24, 2.45) is 0 Å². The van der Waals surface area contributed by atoms with Gasteiger partial charge in [0.25, 0.3) is 0 Å². The molecule has 0 fully saturated rings. The number of rotatable bonds is 2. The van der Waals surface area contributed by atoms with Gasteiger partial charge < -0.3 is 9.52 Å². The number of furan rings is 1. The van der Waals surface area contributed by atoms with Crippen molar-refractivity contribution in [1.29, 1.82) is 0 Å². The van der Waals surface area contributed by atoms with E-state index in [1.165, 1.54) is 0 Å². The molecule has 3 nitrogen and oxygen atoms in total. The third-order valence-corrected chi connectivity index (χ3v) is 2.06. The van der Waals surface area contributed by atoms with Crippen LogP contribution in [-0.4, -0.2) is 11.1 Å². The summed E-state index contributed by atoms with van der Waals surface area (Å²) in [5.41, 5.74) is -4.37. The van der Waals surface area contributed by atoms with Crippen molar-refractivity contribution >= 4 is 5.97 Å². The fourth-order valence-electron chi connectivity index (χ4n) is 1.45. The minimum atomic E-state index is -5.46. The number of aromatic carboxylic acids is 1. The highest BCUT2D eigenvalue weighted by Crippen LogP contribution is 2.45. The Balaban J connectivity index is 3.71. The van der Waals surface area contributed by atoms with Crippen molar-refractivity contribution in [3.8, 4) is 0 Å². The lowest BCUT2D eigenvalue weighted by Crippen LogP contribution is -2.18. The maximum atomic E-state index is 12.6. The van der Waals surface area contributed by atoms with E-state index in [-0.39, 0.29) is 0 Å². The van der Waals surface area contributed by atoms with Crippen LogP contribution in [0.4, 0.5) is 26.3 Å². The first kappa shape index (κ1) is 14.4. The molecule has 0 amide bonds. The van der Waals surface area contributed by atoms with Gasteiger partial charge in [0.15, 0.2) is 0 Å². The van der Waals surface area contributed by atoms with Gasteiger partial charge in [0.05, 0.1) is 0 Å². The van der Waals surface area contributed by atoms with Crippen molar-refractivity contribution in [1.82, 2.24) is 0 Å². The smallest absolute Gasteiger partial charge is 0.420 e. The SMILES string of the molecule is CCc1oc(C(=O)O)c(C(F)(F)F)c1C(F)(F)F. The van der Waals surface area contributed by atoms with Crippen molar-refractivity contribution in [2.45, 2.75) is 25.7 Å². The highest BCUT2D eigenvalue weighted by molar-refractivity contribution is 5.87. The molecule has 18 heavy (non-hydrogen) atoms. The number of halogens is 6. The van der Waals surface area contributed by atoms with Gasteiger partial charge >= 0.3 is 18.3 Å². The van der Waals surface area contributed by atoms with Crippen LogP contribution in [0.25, 0.3) is 0 Å². The van der Waals surface area contributed by atoms with Crippen molar-refractivity contribution in [3.63, 3.8) is 0 Å². The molecule has 102 valence electrons. The Hall–Kier alpha value is -1.67. The number of alkyl halides is 6. The van der Waals surface area contributed by atoms with Crippen LogP contribution >= 0.6 is 0 Å². The molecule has 0 spiro atoms. The van der Waals surface area contributed by atoms with Crippen LogP contribution in [0.1, 0.15) is 34.4 Å². The molecule has 0 radical (unpaired) electrons. The van der Waals surface area contributed by atoms with Gasteiger partial charge in [-0.1, -0.05) is 6.92 Å². The molecule has 0 saturated heterocycles. The van der Waals surface area contributed by atoms with Crippen LogP contribution in [0.15, 0.2) is 4.42 Å². The minimum Gasteiger partial charge on any atom is -0.475 e. The van der Waals surface area contributed by atoms with E-state index in [4.69, 9.17) is 5.11 Å². The van der Waals surface area contributed by atoms with Gasteiger partial charge in [-0.15, -0.1) is 0 Å². The molecule has 1 aromatic heterocycles. The Kier molecular flexibility index (Phi) is 3.37. The van der Waals surface area contributed by atoms with Crippen LogP contribution in [0.5, 0.6) is 0 Å². The van der Waals surface area contributed by atoms with Crippen LogP contribution in [-0.2, 0) is 18.8 Å². The van der Waals surface area contributed by atoms with E-state index in [0.717, 1.165) is 6.92 Å². The van der Waals surface area contributed by atoms with Gasteiger partial charge in [0.1, 0.15) is 16.9 Å². The highest BCUT2D eigenvalue weighted by Gasteiger charge is 2.51. The average Bonchev–Trinajstić information content (AvgIpc) is 2.55. The van der Waals surface area contributed by atoms with E-state index in [9.17, 15) is 31.1 Å². The van der Waals surface area contributed by atoms with Gasteiger partial charge in [-0.25, -0.2) is 4.79 Å². The summed E-state index contributed by atoms with van der Waals surface area (Å²) in [6.07, 6.45) is -11.3. The normalized spacial score (nSPS) is 12.8. The number of carboxylic acids is 1. The Morgan fingerprint density at radius 2 is 1.56 bits per heavy atom.